The van der Waals surface area contributed by atoms with Crippen molar-refractivity contribution in [2.24, 2.45) is 5.92 Å². The summed E-state index contributed by atoms with van der Waals surface area (Å²) in [6, 6.07) is 7.02. The van der Waals surface area contributed by atoms with E-state index in [9.17, 15) is 8.42 Å². The number of rotatable bonds is 4. The molecule has 1 atom stereocenters. The fourth-order valence-corrected chi connectivity index (χ4v) is 2.78. The molecule has 0 radical (unpaired) electrons. The van der Waals surface area contributed by atoms with Gasteiger partial charge in [-0.25, -0.2) is 8.42 Å². The predicted molar refractivity (Wildman–Crippen MR) is 65.6 cm³/mol. The van der Waals surface area contributed by atoms with Gasteiger partial charge in [0.25, 0.3) is 0 Å². The minimum atomic E-state index is -3.09. The van der Waals surface area contributed by atoms with Crippen molar-refractivity contribution < 1.29 is 8.42 Å². The van der Waals surface area contributed by atoms with E-state index in [1.807, 2.05) is 12.1 Å². The van der Waals surface area contributed by atoms with Gasteiger partial charge in [0, 0.05) is 11.6 Å². The first-order chi connectivity index (χ1) is 7.47. The zero-order valence-corrected chi connectivity index (χ0v) is 10.8. The molecule has 1 saturated carbocycles. The Labute approximate surface area is 102 Å². The second-order valence-corrected chi connectivity index (χ2v) is 7.05. The summed E-state index contributed by atoms with van der Waals surface area (Å²) in [6.45, 7) is 0. The van der Waals surface area contributed by atoms with Gasteiger partial charge in [-0.15, -0.1) is 11.6 Å². The molecule has 1 aliphatic carbocycles. The molecule has 0 spiro atoms. The van der Waals surface area contributed by atoms with Gasteiger partial charge in [-0.05, 0) is 42.9 Å². The first-order valence-electron chi connectivity index (χ1n) is 5.40. The second-order valence-electron chi connectivity index (χ2n) is 4.47. The van der Waals surface area contributed by atoms with Crippen LogP contribution in [0.15, 0.2) is 29.2 Å². The molecule has 0 heterocycles. The number of hydrogen-bond acceptors (Lipinski definition) is 2. The van der Waals surface area contributed by atoms with E-state index in [2.05, 4.69) is 0 Å². The Kier molecular flexibility index (Phi) is 3.27. The third kappa shape index (κ3) is 2.98. The summed E-state index contributed by atoms with van der Waals surface area (Å²) in [5.41, 5.74) is 1.11. The standard InChI is InChI=1S/C12H15ClO2S/c1-16(14,15)11-6-2-9(3-7-11)8-12(13)10-4-5-10/h2-3,6-7,10,12H,4-5,8H2,1H3. The number of sulfone groups is 1. The first kappa shape index (κ1) is 11.9. The van der Waals surface area contributed by atoms with Gasteiger partial charge in [0.2, 0.25) is 0 Å². The molecule has 0 aliphatic heterocycles. The lowest BCUT2D eigenvalue weighted by Crippen LogP contribution is -2.06. The summed E-state index contributed by atoms with van der Waals surface area (Å²) in [5, 5.41) is 0.198. The van der Waals surface area contributed by atoms with E-state index in [0.717, 1.165) is 12.0 Å². The summed E-state index contributed by atoms with van der Waals surface area (Å²) in [5.74, 6) is 0.663. The number of alkyl halides is 1. The van der Waals surface area contributed by atoms with Crippen molar-refractivity contribution in [1.82, 2.24) is 0 Å². The van der Waals surface area contributed by atoms with Gasteiger partial charge < -0.3 is 0 Å². The Hall–Kier alpha value is -0.540. The Morgan fingerprint density at radius 1 is 1.31 bits per heavy atom. The number of halogens is 1. The van der Waals surface area contributed by atoms with Crippen LogP contribution in [-0.4, -0.2) is 20.1 Å². The van der Waals surface area contributed by atoms with Crippen LogP contribution < -0.4 is 0 Å². The van der Waals surface area contributed by atoms with Crippen molar-refractivity contribution in [3.05, 3.63) is 29.8 Å². The summed E-state index contributed by atoms with van der Waals surface area (Å²) in [7, 11) is -3.09. The zero-order valence-electron chi connectivity index (χ0n) is 9.19. The largest absolute Gasteiger partial charge is 0.224 e. The van der Waals surface area contributed by atoms with Crippen LogP contribution in [0.1, 0.15) is 18.4 Å². The average molecular weight is 259 g/mol. The van der Waals surface area contributed by atoms with E-state index in [-0.39, 0.29) is 5.38 Å². The molecule has 1 aromatic carbocycles. The van der Waals surface area contributed by atoms with Gasteiger partial charge in [-0.3, -0.25) is 0 Å². The maximum absolute atomic E-state index is 11.3. The van der Waals surface area contributed by atoms with Crippen molar-refractivity contribution in [3.63, 3.8) is 0 Å². The lowest BCUT2D eigenvalue weighted by Gasteiger charge is -2.08. The number of hydrogen-bond donors (Lipinski definition) is 0. The van der Waals surface area contributed by atoms with Crippen molar-refractivity contribution >= 4 is 21.4 Å². The van der Waals surface area contributed by atoms with E-state index in [1.54, 1.807) is 12.1 Å². The maximum atomic E-state index is 11.3. The molecule has 2 nitrogen and oxygen atoms in total. The molecule has 1 unspecified atom stereocenters. The van der Waals surface area contributed by atoms with E-state index in [4.69, 9.17) is 11.6 Å². The smallest absolute Gasteiger partial charge is 0.175 e. The lowest BCUT2D eigenvalue weighted by molar-refractivity contribution is 0.602. The van der Waals surface area contributed by atoms with E-state index in [0.29, 0.717) is 10.8 Å². The van der Waals surface area contributed by atoms with Crippen LogP contribution in [0.2, 0.25) is 0 Å². The monoisotopic (exact) mass is 258 g/mol. The Bertz CT molecular complexity index is 460. The van der Waals surface area contributed by atoms with Crippen LogP contribution >= 0.6 is 11.6 Å². The molecule has 88 valence electrons. The highest BCUT2D eigenvalue weighted by Gasteiger charge is 2.29. The molecule has 0 saturated heterocycles. The SMILES string of the molecule is CS(=O)(=O)c1ccc(CC(Cl)C2CC2)cc1. The van der Waals surface area contributed by atoms with Crippen molar-refractivity contribution in [2.75, 3.05) is 6.26 Å². The quantitative estimate of drug-likeness (QED) is 0.778. The first-order valence-corrected chi connectivity index (χ1v) is 7.72. The van der Waals surface area contributed by atoms with E-state index >= 15 is 0 Å². The lowest BCUT2D eigenvalue weighted by atomic mass is 10.1. The molecule has 0 bridgehead atoms. The second kappa shape index (κ2) is 4.38. The van der Waals surface area contributed by atoms with Crippen LogP contribution in [0.3, 0.4) is 0 Å². The minimum Gasteiger partial charge on any atom is -0.224 e. The van der Waals surface area contributed by atoms with Crippen molar-refractivity contribution in [2.45, 2.75) is 29.5 Å². The molecule has 0 aromatic heterocycles. The number of benzene rings is 1. The van der Waals surface area contributed by atoms with Crippen LogP contribution in [0, 0.1) is 5.92 Å². The molecule has 0 amide bonds. The molecule has 0 N–H and O–H groups in total. The molecule has 16 heavy (non-hydrogen) atoms. The molecule has 1 aromatic rings. The fourth-order valence-electron chi connectivity index (χ4n) is 1.72. The summed E-state index contributed by atoms with van der Waals surface area (Å²) in [4.78, 5) is 0.369. The topological polar surface area (TPSA) is 34.1 Å². The molecular weight excluding hydrogens is 244 g/mol. The third-order valence-electron chi connectivity index (χ3n) is 2.92. The fraction of sp³-hybridized carbons (Fsp3) is 0.500. The molecule has 1 fully saturated rings. The molecule has 1 aliphatic rings. The zero-order chi connectivity index (χ0) is 11.8. The molecule has 2 rings (SSSR count). The third-order valence-corrected chi connectivity index (χ3v) is 4.55. The van der Waals surface area contributed by atoms with Crippen molar-refractivity contribution in [1.29, 1.82) is 0 Å². The Morgan fingerprint density at radius 3 is 2.31 bits per heavy atom. The van der Waals surface area contributed by atoms with Crippen LogP contribution in [-0.2, 0) is 16.3 Å². The van der Waals surface area contributed by atoms with Gasteiger partial charge in [-0.2, -0.15) is 0 Å². The molecule has 4 heteroatoms. The van der Waals surface area contributed by atoms with Crippen LogP contribution in [0.5, 0.6) is 0 Å². The van der Waals surface area contributed by atoms with Crippen LogP contribution in [0.4, 0.5) is 0 Å². The highest BCUT2D eigenvalue weighted by atomic mass is 35.5. The van der Waals surface area contributed by atoms with Gasteiger partial charge in [0.05, 0.1) is 4.90 Å². The minimum absolute atomic E-state index is 0.198. The van der Waals surface area contributed by atoms with E-state index < -0.39 is 9.84 Å². The highest BCUT2D eigenvalue weighted by molar-refractivity contribution is 7.90. The van der Waals surface area contributed by atoms with E-state index in [1.165, 1.54) is 19.1 Å². The van der Waals surface area contributed by atoms with Crippen molar-refractivity contribution in [3.8, 4) is 0 Å². The van der Waals surface area contributed by atoms with Crippen LogP contribution in [0.25, 0.3) is 0 Å². The normalized spacial score (nSPS) is 18.4. The average Bonchev–Trinajstić information content (AvgIpc) is 3.00. The Morgan fingerprint density at radius 2 is 1.88 bits per heavy atom. The predicted octanol–water partition coefficient (Wildman–Crippen LogP) is 2.65. The summed E-state index contributed by atoms with van der Waals surface area (Å²) in [6.07, 6.45) is 4.51. The van der Waals surface area contributed by atoms with Gasteiger partial charge in [0.15, 0.2) is 9.84 Å². The highest BCUT2D eigenvalue weighted by Crippen LogP contribution is 2.37. The molecular formula is C12H15ClO2S. The summed E-state index contributed by atoms with van der Waals surface area (Å²) < 4.78 is 22.5. The van der Waals surface area contributed by atoms with Gasteiger partial charge in [0.1, 0.15) is 0 Å². The van der Waals surface area contributed by atoms with Gasteiger partial charge >= 0.3 is 0 Å². The van der Waals surface area contributed by atoms with Gasteiger partial charge in [-0.1, -0.05) is 12.1 Å². The maximum Gasteiger partial charge on any atom is 0.175 e. The summed E-state index contributed by atoms with van der Waals surface area (Å²) >= 11 is 6.22. The Balaban J connectivity index is 2.07.